The van der Waals surface area contributed by atoms with Crippen LogP contribution in [0.1, 0.15) is 16.7 Å². The second kappa shape index (κ2) is 5.09. The van der Waals surface area contributed by atoms with Crippen molar-refractivity contribution in [1.29, 1.82) is 5.26 Å². The molecule has 2 heteroatoms. The van der Waals surface area contributed by atoms with Gasteiger partial charge in [0.05, 0.1) is 0 Å². The molecule has 1 aromatic rings. The summed E-state index contributed by atoms with van der Waals surface area (Å²) in [6.45, 7) is 11.5. The van der Waals surface area contributed by atoms with Crippen molar-refractivity contribution in [1.82, 2.24) is 0 Å². The normalized spacial score (nSPS) is 10.1. The van der Waals surface area contributed by atoms with Crippen LogP contribution in [0.4, 0.5) is 0 Å². The Bertz CT molecular complexity index is 502. The number of hydrogen-bond acceptors (Lipinski definition) is 2. The number of nitrogens with zero attached hydrogens (tertiary/aromatic N) is 2. The minimum absolute atomic E-state index is 0.186. The lowest BCUT2D eigenvalue weighted by molar-refractivity contribution is 1.36. The summed E-state index contributed by atoms with van der Waals surface area (Å²) in [7, 11) is 0. The van der Waals surface area contributed by atoms with E-state index in [-0.39, 0.29) is 5.70 Å². The molecule has 0 bridgehead atoms. The number of aryl methyl sites for hydroxylation is 2. The van der Waals surface area contributed by atoms with E-state index in [0.717, 1.165) is 16.7 Å². The number of benzene rings is 1. The van der Waals surface area contributed by atoms with Crippen molar-refractivity contribution in [2.24, 2.45) is 4.99 Å². The molecule has 0 saturated carbocycles. The first-order valence-corrected chi connectivity index (χ1v) is 4.94. The Hall–Kier alpha value is -2.14. The maximum absolute atomic E-state index is 8.52. The molecule has 1 rings (SSSR count). The van der Waals surface area contributed by atoms with Crippen LogP contribution >= 0.6 is 0 Å². The molecule has 0 unspecified atom stereocenters. The third-order valence-corrected chi connectivity index (χ3v) is 2.23. The first-order valence-electron chi connectivity index (χ1n) is 4.94. The van der Waals surface area contributed by atoms with Crippen molar-refractivity contribution in [3.63, 3.8) is 0 Å². The van der Waals surface area contributed by atoms with Gasteiger partial charge in [0, 0.05) is 6.21 Å². The molecular weight excluding hydrogens is 196 g/mol. The van der Waals surface area contributed by atoms with E-state index in [1.165, 1.54) is 5.56 Å². The van der Waals surface area contributed by atoms with Crippen molar-refractivity contribution < 1.29 is 0 Å². The highest BCUT2D eigenvalue weighted by molar-refractivity contribution is 6.09. The summed E-state index contributed by atoms with van der Waals surface area (Å²) in [5.41, 5.74) is 4.38. The first kappa shape index (κ1) is 11.9. The third kappa shape index (κ3) is 2.93. The van der Waals surface area contributed by atoms with Gasteiger partial charge in [-0.1, -0.05) is 36.9 Å². The molecule has 0 radical (unpaired) electrons. The number of rotatable bonds is 3. The van der Waals surface area contributed by atoms with Gasteiger partial charge < -0.3 is 0 Å². The fraction of sp³-hybridized carbons (Fsp3) is 0.143. The van der Waals surface area contributed by atoms with Crippen molar-refractivity contribution in [3.05, 3.63) is 53.7 Å². The molecule has 2 nitrogen and oxygen atoms in total. The van der Waals surface area contributed by atoms with Crippen molar-refractivity contribution >= 4 is 11.8 Å². The highest BCUT2D eigenvalue weighted by Gasteiger charge is 2.00. The third-order valence-electron chi connectivity index (χ3n) is 2.23. The second-order valence-electron chi connectivity index (χ2n) is 3.66. The number of allylic oxidation sites excluding steroid dienone is 2. The van der Waals surface area contributed by atoms with Gasteiger partial charge in [0.1, 0.15) is 11.8 Å². The van der Waals surface area contributed by atoms with Gasteiger partial charge in [-0.2, -0.15) is 5.26 Å². The molecule has 0 saturated heterocycles. The monoisotopic (exact) mass is 210 g/mol. The predicted octanol–water partition coefficient (Wildman–Crippen LogP) is 3.42. The SMILES string of the molecule is C=C(C#N)/N=C/C(=C)c1ccc(C)cc1C. The van der Waals surface area contributed by atoms with Gasteiger partial charge in [-0.3, -0.25) is 0 Å². The van der Waals surface area contributed by atoms with E-state index in [1.807, 2.05) is 32.0 Å². The molecule has 0 N–H and O–H groups in total. The van der Waals surface area contributed by atoms with E-state index in [2.05, 4.69) is 24.2 Å². The Morgan fingerprint density at radius 3 is 2.62 bits per heavy atom. The summed E-state index contributed by atoms with van der Waals surface area (Å²) in [5, 5.41) is 8.52. The summed E-state index contributed by atoms with van der Waals surface area (Å²) in [4.78, 5) is 3.90. The topological polar surface area (TPSA) is 36.1 Å². The minimum atomic E-state index is 0.186. The van der Waals surface area contributed by atoms with E-state index >= 15 is 0 Å². The number of aliphatic imine (C=N–C) groups is 1. The molecule has 0 aliphatic heterocycles. The molecule has 0 spiro atoms. The second-order valence-corrected chi connectivity index (χ2v) is 3.66. The average molecular weight is 210 g/mol. The quantitative estimate of drug-likeness (QED) is 0.556. The van der Waals surface area contributed by atoms with E-state index in [0.29, 0.717) is 0 Å². The molecule has 80 valence electrons. The summed E-state index contributed by atoms with van der Waals surface area (Å²) in [5.74, 6) is 0. The lowest BCUT2D eigenvalue weighted by Gasteiger charge is -2.05. The highest BCUT2D eigenvalue weighted by atomic mass is 14.7. The van der Waals surface area contributed by atoms with Crippen molar-refractivity contribution in [2.45, 2.75) is 13.8 Å². The Morgan fingerprint density at radius 2 is 2.06 bits per heavy atom. The Balaban J connectivity index is 2.94. The van der Waals surface area contributed by atoms with Gasteiger partial charge in [0.15, 0.2) is 0 Å². The van der Waals surface area contributed by atoms with Crippen LogP contribution in [0.3, 0.4) is 0 Å². The van der Waals surface area contributed by atoms with Crippen molar-refractivity contribution in [3.8, 4) is 6.07 Å². The lowest BCUT2D eigenvalue weighted by atomic mass is 10.0. The predicted molar refractivity (Wildman–Crippen MR) is 68.2 cm³/mol. The van der Waals surface area contributed by atoms with E-state index in [4.69, 9.17) is 5.26 Å². The Kier molecular flexibility index (Phi) is 3.79. The standard InChI is InChI=1S/C14H14N2/c1-10-5-6-14(11(2)7-10)12(3)9-16-13(4)8-15/h5-7,9H,3-4H2,1-2H3/b16-9+. The van der Waals surface area contributed by atoms with Crippen LogP contribution in [0.5, 0.6) is 0 Å². The molecule has 0 heterocycles. The fourth-order valence-corrected chi connectivity index (χ4v) is 1.43. The zero-order valence-corrected chi connectivity index (χ0v) is 9.62. The lowest BCUT2D eigenvalue weighted by Crippen LogP contribution is -1.90. The Morgan fingerprint density at radius 1 is 1.38 bits per heavy atom. The molecular formula is C14H14N2. The van der Waals surface area contributed by atoms with Crippen LogP contribution in [0.2, 0.25) is 0 Å². The van der Waals surface area contributed by atoms with Gasteiger partial charge >= 0.3 is 0 Å². The molecule has 0 fully saturated rings. The van der Waals surface area contributed by atoms with Crippen molar-refractivity contribution in [2.75, 3.05) is 0 Å². The van der Waals surface area contributed by atoms with Gasteiger partial charge in [-0.15, -0.1) is 0 Å². The summed E-state index contributed by atoms with van der Waals surface area (Å²) in [6.07, 6.45) is 1.57. The van der Waals surface area contributed by atoms with Crippen LogP contribution in [0.25, 0.3) is 5.57 Å². The molecule has 1 aromatic carbocycles. The molecule has 0 aliphatic carbocycles. The summed E-state index contributed by atoms with van der Waals surface area (Å²) in [6, 6.07) is 7.99. The van der Waals surface area contributed by atoms with Crippen LogP contribution in [0.15, 0.2) is 42.0 Å². The molecule has 16 heavy (non-hydrogen) atoms. The van der Waals surface area contributed by atoms with Gasteiger partial charge in [0.25, 0.3) is 0 Å². The largest absolute Gasteiger partial charge is 0.246 e. The minimum Gasteiger partial charge on any atom is -0.246 e. The molecule has 0 aromatic heterocycles. The molecule has 0 amide bonds. The average Bonchev–Trinajstić information content (AvgIpc) is 2.25. The highest BCUT2D eigenvalue weighted by Crippen LogP contribution is 2.17. The molecule has 0 atom stereocenters. The zero-order chi connectivity index (χ0) is 12.1. The van der Waals surface area contributed by atoms with Crippen LogP contribution in [-0.4, -0.2) is 6.21 Å². The number of nitriles is 1. The van der Waals surface area contributed by atoms with Crippen LogP contribution in [0, 0.1) is 25.2 Å². The fourth-order valence-electron chi connectivity index (χ4n) is 1.43. The van der Waals surface area contributed by atoms with Gasteiger partial charge in [-0.25, -0.2) is 4.99 Å². The van der Waals surface area contributed by atoms with Gasteiger partial charge in [0.2, 0.25) is 0 Å². The Labute approximate surface area is 96.3 Å². The zero-order valence-electron chi connectivity index (χ0n) is 9.62. The van der Waals surface area contributed by atoms with Gasteiger partial charge in [-0.05, 0) is 30.5 Å². The molecule has 0 aliphatic rings. The van der Waals surface area contributed by atoms with E-state index < -0.39 is 0 Å². The summed E-state index contributed by atoms with van der Waals surface area (Å²) < 4.78 is 0. The summed E-state index contributed by atoms with van der Waals surface area (Å²) >= 11 is 0. The van der Waals surface area contributed by atoms with Crippen LogP contribution in [-0.2, 0) is 0 Å². The van der Waals surface area contributed by atoms with E-state index in [9.17, 15) is 0 Å². The smallest absolute Gasteiger partial charge is 0.133 e. The number of hydrogen-bond donors (Lipinski definition) is 0. The maximum Gasteiger partial charge on any atom is 0.133 e. The van der Waals surface area contributed by atoms with E-state index in [1.54, 1.807) is 6.21 Å². The first-order chi connectivity index (χ1) is 7.54. The maximum atomic E-state index is 8.52. The van der Waals surface area contributed by atoms with Crippen LogP contribution < -0.4 is 0 Å².